The summed E-state index contributed by atoms with van der Waals surface area (Å²) in [4.78, 5) is 23.5. The van der Waals surface area contributed by atoms with Crippen LogP contribution in [-0.2, 0) is 0 Å². The van der Waals surface area contributed by atoms with Crippen molar-refractivity contribution in [3.63, 3.8) is 0 Å². The number of rotatable bonds is 7. The molecule has 3 N–H and O–H groups in total. The van der Waals surface area contributed by atoms with Gasteiger partial charge in [-0.05, 0) is 30.3 Å². The lowest BCUT2D eigenvalue weighted by Gasteiger charge is -2.12. The number of nitrogens with one attached hydrogen (secondary N) is 1. The lowest BCUT2D eigenvalue weighted by Crippen LogP contribution is -2.02. The van der Waals surface area contributed by atoms with Gasteiger partial charge in [0, 0.05) is 29.7 Å². The van der Waals surface area contributed by atoms with E-state index < -0.39 is 4.92 Å². The summed E-state index contributed by atoms with van der Waals surface area (Å²) in [5.41, 5.74) is 8.09. The number of nitro groups is 1. The molecule has 4 rings (SSSR count). The third-order valence-corrected chi connectivity index (χ3v) is 4.52. The summed E-state index contributed by atoms with van der Waals surface area (Å²) in [6.07, 6.45) is 3.27. The van der Waals surface area contributed by atoms with Gasteiger partial charge >= 0.3 is 0 Å². The Labute approximate surface area is 188 Å². The number of aromatic nitrogens is 3. The van der Waals surface area contributed by atoms with E-state index in [2.05, 4.69) is 30.5 Å². The molecule has 33 heavy (non-hydrogen) atoms. The van der Waals surface area contributed by atoms with Crippen molar-refractivity contribution in [1.29, 1.82) is 0 Å². The van der Waals surface area contributed by atoms with Gasteiger partial charge in [0.05, 0.1) is 18.1 Å². The van der Waals surface area contributed by atoms with Crippen molar-refractivity contribution in [2.24, 2.45) is 10.2 Å². The van der Waals surface area contributed by atoms with Crippen molar-refractivity contribution in [2.45, 2.75) is 0 Å². The predicted octanol–water partition coefficient (Wildman–Crippen LogP) is 5.20. The largest absolute Gasteiger partial charge is 0.494 e. The number of benzene rings is 2. The highest BCUT2D eigenvalue weighted by molar-refractivity contribution is 5.78. The number of hydrogen-bond acceptors (Lipinski definition) is 10. The Balaban J connectivity index is 1.78. The first-order valence-electron chi connectivity index (χ1n) is 9.69. The van der Waals surface area contributed by atoms with Crippen LogP contribution in [0.3, 0.4) is 0 Å². The summed E-state index contributed by atoms with van der Waals surface area (Å²) >= 11 is 0. The lowest BCUT2D eigenvalue weighted by atomic mass is 10.2. The zero-order valence-corrected chi connectivity index (χ0v) is 17.4. The van der Waals surface area contributed by atoms with Crippen LogP contribution in [0.25, 0.3) is 11.4 Å². The van der Waals surface area contributed by atoms with Gasteiger partial charge in [-0.25, -0.2) is 9.97 Å². The first-order valence-corrected chi connectivity index (χ1v) is 9.69. The number of ether oxygens (including phenoxy) is 1. The van der Waals surface area contributed by atoms with E-state index in [4.69, 9.17) is 10.5 Å². The molecular weight excluding hydrogens is 424 g/mol. The molecule has 0 saturated heterocycles. The van der Waals surface area contributed by atoms with Gasteiger partial charge in [-0.15, -0.1) is 10.2 Å². The van der Waals surface area contributed by atoms with Crippen molar-refractivity contribution in [2.75, 3.05) is 18.2 Å². The molecule has 0 radical (unpaired) electrons. The van der Waals surface area contributed by atoms with E-state index >= 15 is 0 Å². The highest BCUT2D eigenvalue weighted by atomic mass is 16.6. The van der Waals surface area contributed by atoms with E-state index in [9.17, 15) is 10.1 Å². The minimum atomic E-state index is -0.519. The highest BCUT2D eigenvalue weighted by Gasteiger charge is 2.16. The average Bonchev–Trinajstić information content (AvgIpc) is 2.84. The molecule has 0 aliphatic carbocycles. The SMILES string of the molecule is COc1cc([N+](=O)[O-])ccc1N=Nc1c(N)nc(-c2ccncc2)nc1Nc1ccccc1. The molecule has 0 saturated carbocycles. The van der Waals surface area contributed by atoms with Crippen molar-refractivity contribution < 1.29 is 9.66 Å². The van der Waals surface area contributed by atoms with Crippen LogP contribution in [0.1, 0.15) is 0 Å². The third-order valence-electron chi connectivity index (χ3n) is 4.52. The summed E-state index contributed by atoms with van der Waals surface area (Å²) in [6.45, 7) is 0. The average molecular weight is 442 g/mol. The number of pyridine rings is 1. The van der Waals surface area contributed by atoms with Crippen molar-refractivity contribution in [3.05, 3.63) is 83.2 Å². The molecule has 11 heteroatoms. The molecule has 4 aromatic rings. The van der Waals surface area contributed by atoms with E-state index in [-0.39, 0.29) is 28.6 Å². The van der Waals surface area contributed by atoms with Crippen LogP contribution >= 0.6 is 0 Å². The number of methoxy groups -OCH3 is 1. The fourth-order valence-electron chi connectivity index (χ4n) is 2.91. The van der Waals surface area contributed by atoms with Gasteiger partial charge in [-0.1, -0.05) is 18.2 Å². The number of para-hydroxylation sites is 1. The number of nitrogens with zero attached hydrogens (tertiary/aromatic N) is 6. The van der Waals surface area contributed by atoms with Gasteiger partial charge in [0.15, 0.2) is 28.9 Å². The fourth-order valence-corrected chi connectivity index (χ4v) is 2.91. The first-order chi connectivity index (χ1) is 16.0. The van der Waals surface area contributed by atoms with E-state index in [1.807, 2.05) is 30.3 Å². The van der Waals surface area contributed by atoms with E-state index in [1.54, 1.807) is 24.5 Å². The molecular formula is C22H18N8O3. The second kappa shape index (κ2) is 9.47. The quantitative estimate of drug-likeness (QED) is 0.225. The number of nitrogen functional groups attached to an aromatic ring is 1. The van der Waals surface area contributed by atoms with Crippen LogP contribution in [0.2, 0.25) is 0 Å². The van der Waals surface area contributed by atoms with Crippen LogP contribution in [0.4, 0.5) is 34.4 Å². The number of nitrogens with two attached hydrogens (primary N) is 1. The molecule has 0 bridgehead atoms. The summed E-state index contributed by atoms with van der Waals surface area (Å²) in [6, 6.07) is 16.9. The minimum absolute atomic E-state index is 0.0971. The van der Waals surface area contributed by atoms with E-state index in [1.165, 1.54) is 25.3 Å². The molecule has 0 aliphatic heterocycles. The molecule has 164 valence electrons. The van der Waals surface area contributed by atoms with Gasteiger partial charge < -0.3 is 15.8 Å². The summed E-state index contributed by atoms with van der Waals surface area (Å²) < 4.78 is 5.22. The van der Waals surface area contributed by atoms with Crippen LogP contribution in [-0.4, -0.2) is 27.0 Å². The van der Waals surface area contributed by atoms with Crippen LogP contribution < -0.4 is 15.8 Å². The molecule has 0 unspecified atom stereocenters. The van der Waals surface area contributed by atoms with E-state index in [0.717, 1.165) is 11.3 Å². The molecule has 11 nitrogen and oxygen atoms in total. The van der Waals surface area contributed by atoms with Gasteiger partial charge in [0.1, 0.15) is 5.69 Å². The fraction of sp³-hybridized carbons (Fsp3) is 0.0455. The summed E-state index contributed by atoms with van der Waals surface area (Å²) in [7, 11) is 1.39. The monoisotopic (exact) mass is 442 g/mol. The Morgan fingerprint density at radius 2 is 1.79 bits per heavy atom. The zero-order chi connectivity index (χ0) is 23.2. The standard InChI is InChI=1S/C22H18N8O3/c1-33-18-13-16(30(31)32)7-8-17(18)28-29-19-20(23)26-21(14-9-11-24-12-10-14)27-22(19)25-15-5-3-2-4-6-15/h2-13H,1H3,(H3,23,25,26,27). The second-order valence-corrected chi connectivity index (χ2v) is 6.67. The Kier molecular flexibility index (Phi) is 6.12. The first kappa shape index (κ1) is 21.3. The maximum Gasteiger partial charge on any atom is 0.273 e. The van der Waals surface area contributed by atoms with Crippen LogP contribution in [0.15, 0.2) is 83.3 Å². The Hall–Kier alpha value is -4.93. The number of hydrogen-bond donors (Lipinski definition) is 2. The molecule has 2 heterocycles. The topological polar surface area (TPSA) is 154 Å². The number of nitro benzene ring substituents is 1. The molecule has 0 fully saturated rings. The molecule has 2 aromatic carbocycles. The van der Waals surface area contributed by atoms with Gasteiger partial charge in [0.2, 0.25) is 0 Å². The molecule has 0 spiro atoms. The van der Waals surface area contributed by atoms with E-state index in [0.29, 0.717) is 11.6 Å². The maximum absolute atomic E-state index is 11.0. The normalized spacial score (nSPS) is 10.8. The molecule has 0 atom stereocenters. The maximum atomic E-state index is 11.0. The number of non-ortho nitro benzene ring substituents is 1. The summed E-state index contributed by atoms with van der Waals surface area (Å²) in [5, 5.41) is 22.6. The molecule has 0 amide bonds. The Bertz CT molecular complexity index is 1310. The van der Waals surface area contributed by atoms with Crippen molar-refractivity contribution >= 4 is 34.4 Å². The highest BCUT2D eigenvalue weighted by Crippen LogP contribution is 2.37. The number of anilines is 3. The second-order valence-electron chi connectivity index (χ2n) is 6.67. The van der Waals surface area contributed by atoms with Gasteiger partial charge in [0.25, 0.3) is 5.69 Å². The Morgan fingerprint density at radius 1 is 1.03 bits per heavy atom. The van der Waals surface area contributed by atoms with Crippen molar-refractivity contribution in [3.8, 4) is 17.1 Å². The predicted molar refractivity (Wildman–Crippen MR) is 123 cm³/mol. The molecule has 0 aliphatic rings. The minimum Gasteiger partial charge on any atom is -0.494 e. The van der Waals surface area contributed by atoms with Gasteiger partial charge in [-0.2, -0.15) is 0 Å². The molecule has 2 aromatic heterocycles. The smallest absolute Gasteiger partial charge is 0.273 e. The zero-order valence-electron chi connectivity index (χ0n) is 17.4. The Morgan fingerprint density at radius 3 is 2.48 bits per heavy atom. The third kappa shape index (κ3) is 4.88. The van der Waals surface area contributed by atoms with Crippen LogP contribution in [0.5, 0.6) is 5.75 Å². The van der Waals surface area contributed by atoms with Gasteiger partial charge in [-0.3, -0.25) is 15.1 Å². The number of azo groups is 1. The summed E-state index contributed by atoms with van der Waals surface area (Å²) in [5.74, 6) is 1.02. The van der Waals surface area contributed by atoms with Crippen molar-refractivity contribution in [1.82, 2.24) is 15.0 Å². The lowest BCUT2D eigenvalue weighted by molar-refractivity contribution is -0.384. The van der Waals surface area contributed by atoms with Crippen LogP contribution in [0, 0.1) is 10.1 Å².